The van der Waals surface area contributed by atoms with E-state index in [1.807, 2.05) is 0 Å². The Kier molecular flexibility index (Phi) is 5.08. The van der Waals surface area contributed by atoms with Gasteiger partial charge in [-0.25, -0.2) is 13.1 Å². The second-order valence-corrected chi connectivity index (χ2v) is 7.03. The summed E-state index contributed by atoms with van der Waals surface area (Å²) in [6.45, 7) is 0. The average molecular weight is 314 g/mol. The van der Waals surface area contributed by atoms with Crippen LogP contribution in [0.4, 0.5) is 5.69 Å². The molecule has 7 heteroatoms. The number of nitrogen functional groups attached to an aromatic ring is 1. The Morgan fingerprint density at radius 2 is 2.00 bits per heavy atom. The molecule has 1 aliphatic rings. The fourth-order valence-electron chi connectivity index (χ4n) is 2.57. The summed E-state index contributed by atoms with van der Waals surface area (Å²) >= 11 is 0. The summed E-state index contributed by atoms with van der Waals surface area (Å²) in [6, 6.07) is 4.66. The van der Waals surface area contributed by atoms with Crippen LogP contribution in [0.1, 0.15) is 25.7 Å². The number of rotatable bonds is 5. The normalized spacial score (nSPS) is 23.0. The summed E-state index contributed by atoms with van der Waals surface area (Å²) in [4.78, 5) is 0.0655. The summed E-state index contributed by atoms with van der Waals surface area (Å²) in [5.41, 5.74) is 6.00. The third-order valence-corrected chi connectivity index (χ3v) is 5.24. The zero-order chi connectivity index (χ0) is 15.5. The van der Waals surface area contributed by atoms with Gasteiger partial charge in [0.05, 0.1) is 11.8 Å². The van der Waals surface area contributed by atoms with Crippen molar-refractivity contribution in [1.29, 1.82) is 0 Å². The van der Waals surface area contributed by atoms with Crippen LogP contribution in [-0.2, 0) is 14.8 Å². The Labute approximate surface area is 125 Å². The van der Waals surface area contributed by atoms with Gasteiger partial charge in [-0.15, -0.1) is 0 Å². The Morgan fingerprint density at radius 3 is 2.62 bits per heavy atom. The number of sulfonamides is 1. The van der Waals surface area contributed by atoms with E-state index in [2.05, 4.69) is 4.72 Å². The highest BCUT2D eigenvalue weighted by Crippen LogP contribution is 2.28. The van der Waals surface area contributed by atoms with Gasteiger partial charge in [-0.1, -0.05) is 0 Å². The van der Waals surface area contributed by atoms with Gasteiger partial charge >= 0.3 is 0 Å². The Bertz CT molecular complexity index is 589. The van der Waals surface area contributed by atoms with E-state index in [9.17, 15) is 8.42 Å². The van der Waals surface area contributed by atoms with Crippen molar-refractivity contribution in [3.8, 4) is 5.75 Å². The molecule has 2 rings (SSSR count). The summed E-state index contributed by atoms with van der Waals surface area (Å²) in [7, 11) is -0.478. The molecule has 0 amide bonds. The molecule has 1 aromatic rings. The van der Waals surface area contributed by atoms with Crippen molar-refractivity contribution < 1.29 is 17.9 Å². The summed E-state index contributed by atoms with van der Waals surface area (Å²) in [5, 5.41) is 0. The van der Waals surface area contributed by atoms with Gasteiger partial charge in [0.2, 0.25) is 10.0 Å². The Hall–Kier alpha value is -1.31. The summed E-state index contributed by atoms with van der Waals surface area (Å²) in [6.07, 6.45) is 4.23. The number of benzene rings is 1. The monoisotopic (exact) mass is 314 g/mol. The molecule has 2 atom stereocenters. The minimum absolute atomic E-state index is 0.0655. The molecule has 1 aliphatic carbocycles. The first-order valence-electron chi connectivity index (χ1n) is 6.99. The Morgan fingerprint density at radius 1 is 1.29 bits per heavy atom. The van der Waals surface area contributed by atoms with Crippen molar-refractivity contribution in [2.75, 3.05) is 19.9 Å². The van der Waals surface area contributed by atoms with Gasteiger partial charge in [0.25, 0.3) is 0 Å². The average Bonchev–Trinajstić information content (AvgIpc) is 2.47. The highest BCUT2D eigenvalue weighted by atomic mass is 32.2. The number of hydrogen-bond acceptors (Lipinski definition) is 5. The third-order valence-electron chi connectivity index (χ3n) is 3.75. The number of anilines is 1. The zero-order valence-corrected chi connectivity index (χ0v) is 13.2. The molecule has 3 N–H and O–H groups in total. The maximum absolute atomic E-state index is 11.8. The zero-order valence-electron chi connectivity index (χ0n) is 12.3. The minimum atomic E-state index is -3.54. The molecule has 6 nitrogen and oxygen atoms in total. The first-order valence-corrected chi connectivity index (χ1v) is 8.47. The molecule has 0 radical (unpaired) electrons. The lowest BCUT2D eigenvalue weighted by atomic mass is 9.95. The number of hydrogen-bond donors (Lipinski definition) is 2. The number of methoxy groups -OCH3 is 1. The molecular weight excluding hydrogens is 292 g/mol. The van der Waals surface area contributed by atoms with Crippen LogP contribution in [0.3, 0.4) is 0 Å². The lowest BCUT2D eigenvalue weighted by molar-refractivity contribution is 0.0210. The van der Waals surface area contributed by atoms with Crippen molar-refractivity contribution in [2.24, 2.45) is 0 Å². The van der Waals surface area contributed by atoms with Gasteiger partial charge in [0.15, 0.2) is 0 Å². The maximum Gasteiger partial charge on any atom is 0.242 e. The molecule has 0 heterocycles. The molecule has 0 saturated heterocycles. The topological polar surface area (TPSA) is 90.7 Å². The van der Waals surface area contributed by atoms with Gasteiger partial charge < -0.3 is 15.2 Å². The van der Waals surface area contributed by atoms with Crippen molar-refractivity contribution in [2.45, 2.75) is 42.8 Å². The van der Waals surface area contributed by atoms with E-state index in [0.717, 1.165) is 25.7 Å². The van der Waals surface area contributed by atoms with E-state index < -0.39 is 10.0 Å². The lowest BCUT2D eigenvalue weighted by Gasteiger charge is -2.28. The van der Waals surface area contributed by atoms with Gasteiger partial charge in [0.1, 0.15) is 16.7 Å². The van der Waals surface area contributed by atoms with Crippen LogP contribution >= 0.6 is 0 Å². The molecule has 0 aliphatic heterocycles. The van der Waals surface area contributed by atoms with Gasteiger partial charge in [-0.05, 0) is 38.4 Å². The molecule has 1 aromatic carbocycles. The molecule has 0 bridgehead atoms. The quantitative estimate of drug-likeness (QED) is 0.804. The molecule has 1 saturated carbocycles. The molecular formula is C14H22N2O4S. The first kappa shape index (κ1) is 16.1. The van der Waals surface area contributed by atoms with Crippen LogP contribution in [0, 0.1) is 0 Å². The van der Waals surface area contributed by atoms with E-state index in [1.165, 1.54) is 13.1 Å². The van der Waals surface area contributed by atoms with Crippen molar-refractivity contribution in [3.63, 3.8) is 0 Å². The standard InChI is InChI=1S/C14H22N2O4S/c1-16-21(17,18)14-7-6-12(9-13(14)15)20-11-5-3-4-10(8-11)19-2/h6-7,9-11,16H,3-5,8,15H2,1-2H3. The highest BCUT2D eigenvalue weighted by Gasteiger charge is 2.23. The Balaban J connectivity index is 2.10. The predicted molar refractivity (Wildman–Crippen MR) is 80.8 cm³/mol. The van der Waals surface area contributed by atoms with Crippen LogP contribution in [0.2, 0.25) is 0 Å². The molecule has 21 heavy (non-hydrogen) atoms. The second kappa shape index (κ2) is 6.64. The first-order chi connectivity index (χ1) is 9.96. The molecule has 0 aromatic heterocycles. The van der Waals surface area contributed by atoms with Crippen molar-refractivity contribution in [3.05, 3.63) is 18.2 Å². The SMILES string of the molecule is CNS(=O)(=O)c1ccc(OC2CCCC(OC)C2)cc1N. The highest BCUT2D eigenvalue weighted by molar-refractivity contribution is 7.89. The molecule has 0 spiro atoms. The van der Waals surface area contributed by atoms with Crippen molar-refractivity contribution in [1.82, 2.24) is 4.72 Å². The maximum atomic E-state index is 11.8. The van der Waals surface area contributed by atoms with E-state index >= 15 is 0 Å². The van der Waals surface area contributed by atoms with Crippen molar-refractivity contribution >= 4 is 15.7 Å². The van der Waals surface area contributed by atoms with E-state index in [0.29, 0.717) is 5.75 Å². The fraction of sp³-hybridized carbons (Fsp3) is 0.571. The van der Waals surface area contributed by atoms with Gasteiger partial charge in [-0.2, -0.15) is 0 Å². The molecule has 2 unspecified atom stereocenters. The second-order valence-electron chi connectivity index (χ2n) is 5.17. The van der Waals surface area contributed by atoms with Crippen LogP contribution in [0.5, 0.6) is 5.75 Å². The summed E-state index contributed by atoms with van der Waals surface area (Å²) in [5.74, 6) is 0.587. The van der Waals surface area contributed by atoms with Gasteiger partial charge in [-0.3, -0.25) is 0 Å². The van der Waals surface area contributed by atoms with Crippen LogP contribution in [-0.4, -0.2) is 34.8 Å². The van der Waals surface area contributed by atoms with E-state index in [1.54, 1.807) is 19.2 Å². The lowest BCUT2D eigenvalue weighted by Crippen LogP contribution is -2.29. The predicted octanol–water partition coefficient (Wildman–Crippen LogP) is 1.51. The van der Waals surface area contributed by atoms with Crippen LogP contribution < -0.4 is 15.2 Å². The van der Waals surface area contributed by atoms with Crippen LogP contribution in [0.25, 0.3) is 0 Å². The fourth-order valence-corrected chi connectivity index (χ4v) is 3.41. The minimum Gasteiger partial charge on any atom is -0.490 e. The smallest absolute Gasteiger partial charge is 0.242 e. The van der Waals surface area contributed by atoms with E-state index in [4.69, 9.17) is 15.2 Å². The largest absolute Gasteiger partial charge is 0.490 e. The molecule has 118 valence electrons. The third kappa shape index (κ3) is 3.87. The summed E-state index contributed by atoms with van der Waals surface area (Å²) < 4.78 is 37.0. The number of nitrogens with two attached hydrogens (primary N) is 1. The van der Waals surface area contributed by atoms with E-state index in [-0.39, 0.29) is 22.8 Å². The number of ether oxygens (including phenoxy) is 2. The number of nitrogens with one attached hydrogen (secondary N) is 1. The molecule has 1 fully saturated rings. The van der Waals surface area contributed by atoms with Gasteiger partial charge in [0, 0.05) is 19.6 Å². The van der Waals surface area contributed by atoms with Crippen LogP contribution in [0.15, 0.2) is 23.1 Å².